The molecule has 5 heteroatoms. The highest BCUT2D eigenvalue weighted by Crippen LogP contribution is 2.22. The average Bonchev–Trinajstić information content (AvgIpc) is 2.42. The summed E-state index contributed by atoms with van der Waals surface area (Å²) in [6, 6.07) is 5.55. The summed E-state index contributed by atoms with van der Waals surface area (Å²) in [6.07, 6.45) is 1.14. The molecule has 0 unspecified atom stereocenters. The predicted molar refractivity (Wildman–Crippen MR) is 69.7 cm³/mol. The van der Waals surface area contributed by atoms with Crippen molar-refractivity contribution in [3.05, 3.63) is 23.8 Å². The van der Waals surface area contributed by atoms with E-state index in [0.717, 1.165) is 11.3 Å². The van der Waals surface area contributed by atoms with Gasteiger partial charge < -0.3 is 20.5 Å². The van der Waals surface area contributed by atoms with Crippen molar-refractivity contribution in [1.82, 2.24) is 5.32 Å². The molecular weight excluding hydrogens is 232 g/mol. The summed E-state index contributed by atoms with van der Waals surface area (Å²) in [6.45, 7) is 0.927. The molecule has 0 aliphatic rings. The zero-order valence-electron chi connectivity index (χ0n) is 10.9. The molecule has 0 saturated carbocycles. The van der Waals surface area contributed by atoms with Crippen LogP contribution in [0.5, 0.6) is 11.5 Å². The summed E-state index contributed by atoms with van der Waals surface area (Å²) in [5, 5.41) is 2.57. The van der Waals surface area contributed by atoms with Gasteiger partial charge in [-0.15, -0.1) is 0 Å². The highest BCUT2D eigenvalue weighted by molar-refractivity contribution is 5.75. The van der Waals surface area contributed by atoms with Crippen molar-refractivity contribution >= 4 is 5.91 Å². The highest BCUT2D eigenvalue weighted by atomic mass is 16.5. The second-order valence-corrected chi connectivity index (χ2v) is 3.85. The molecular formula is C13H20N2O3. The summed E-state index contributed by atoms with van der Waals surface area (Å²) in [5.41, 5.74) is 6.55. The minimum atomic E-state index is 0.0203. The van der Waals surface area contributed by atoms with Crippen LogP contribution in [0.3, 0.4) is 0 Å². The van der Waals surface area contributed by atoms with E-state index in [1.807, 2.05) is 12.1 Å². The molecule has 1 rings (SSSR count). The van der Waals surface area contributed by atoms with Crippen molar-refractivity contribution in [2.45, 2.75) is 19.4 Å². The minimum absolute atomic E-state index is 0.0203. The molecule has 1 aromatic carbocycles. The number of ether oxygens (including phenoxy) is 2. The Morgan fingerprint density at radius 3 is 2.67 bits per heavy atom. The van der Waals surface area contributed by atoms with E-state index in [4.69, 9.17) is 15.2 Å². The quantitative estimate of drug-likeness (QED) is 0.712. The van der Waals surface area contributed by atoms with Gasteiger partial charge in [-0.3, -0.25) is 4.79 Å². The molecule has 1 amide bonds. The molecule has 0 bridgehead atoms. The van der Waals surface area contributed by atoms with Crippen LogP contribution >= 0.6 is 0 Å². The number of methoxy groups -OCH3 is 1. The molecule has 0 heterocycles. The van der Waals surface area contributed by atoms with Crippen LogP contribution in [0.15, 0.2) is 18.2 Å². The van der Waals surface area contributed by atoms with E-state index in [1.54, 1.807) is 20.2 Å². The third-order valence-corrected chi connectivity index (χ3v) is 2.51. The van der Waals surface area contributed by atoms with Gasteiger partial charge in [0.05, 0.1) is 13.7 Å². The van der Waals surface area contributed by atoms with Crippen LogP contribution in [0.25, 0.3) is 0 Å². The summed E-state index contributed by atoms with van der Waals surface area (Å²) in [4.78, 5) is 11.0. The van der Waals surface area contributed by atoms with Crippen LogP contribution in [0.1, 0.15) is 18.4 Å². The van der Waals surface area contributed by atoms with Crippen molar-refractivity contribution < 1.29 is 14.3 Å². The number of rotatable bonds is 7. The Labute approximate surface area is 107 Å². The van der Waals surface area contributed by atoms with E-state index in [9.17, 15) is 4.79 Å². The molecule has 1 aromatic rings. The van der Waals surface area contributed by atoms with E-state index in [1.165, 1.54) is 0 Å². The molecule has 0 radical (unpaired) electrons. The number of amides is 1. The maximum Gasteiger partial charge on any atom is 0.219 e. The molecule has 5 nitrogen and oxygen atoms in total. The van der Waals surface area contributed by atoms with Crippen LogP contribution in [0, 0.1) is 0 Å². The Morgan fingerprint density at radius 1 is 1.33 bits per heavy atom. The van der Waals surface area contributed by atoms with Gasteiger partial charge in [0.1, 0.15) is 11.5 Å². The number of hydrogen-bond donors (Lipinski definition) is 2. The fourth-order valence-corrected chi connectivity index (χ4v) is 1.50. The standard InChI is InChI=1S/C13H20N2O3/c1-15-13(16)4-3-5-18-12-7-10(9-14)6-11(8-12)17-2/h6-8H,3-5,9,14H2,1-2H3,(H,15,16). The monoisotopic (exact) mass is 252 g/mol. The predicted octanol–water partition coefficient (Wildman–Crippen LogP) is 1.06. The number of carbonyl (C=O) groups excluding carboxylic acids is 1. The summed E-state index contributed by atoms with van der Waals surface area (Å²) in [5.74, 6) is 1.46. The third-order valence-electron chi connectivity index (χ3n) is 2.51. The lowest BCUT2D eigenvalue weighted by Gasteiger charge is -2.09. The third kappa shape index (κ3) is 4.63. The molecule has 3 N–H and O–H groups in total. The smallest absolute Gasteiger partial charge is 0.219 e. The Kier molecular flexibility index (Phi) is 6.00. The zero-order chi connectivity index (χ0) is 13.4. The Balaban J connectivity index is 2.48. The second kappa shape index (κ2) is 7.55. The van der Waals surface area contributed by atoms with Gasteiger partial charge in [0, 0.05) is 26.1 Å². The molecule has 0 saturated heterocycles. The van der Waals surface area contributed by atoms with Gasteiger partial charge in [-0.1, -0.05) is 0 Å². The molecule has 0 fully saturated rings. The molecule has 0 aromatic heterocycles. The number of nitrogens with two attached hydrogens (primary N) is 1. The highest BCUT2D eigenvalue weighted by Gasteiger charge is 2.02. The van der Waals surface area contributed by atoms with Crippen molar-refractivity contribution in [2.75, 3.05) is 20.8 Å². The molecule has 100 valence electrons. The van der Waals surface area contributed by atoms with Gasteiger partial charge >= 0.3 is 0 Å². The van der Waals surface area contributed by atoms with Gasteiger partial charge in [0.25, 0.3) is 0 Å². The van der Waals surface area contributed by atoms with Gasteiger partial charge in [0.2, 0.25) is 5.91 Å². The van der Waals surface area contributed by atoms with Crippen molar-refractivity contribution in [2.24, 2.45) is 5.73 Å². The Bertz CT molecular complexity index is 372. The molecule has 0 spiro atoms. The van der Waals surface area contributed by atoms with Crippen LogP contribution < -0.4 is 20.5 Å². The van der Waals surface area contributed by atoms with Crippen LogP contribution in [-0.4, -0.2) is 26.7 Å². The normalized spacial score (nSPS) is 9.94. The lowest BCUT2D eigenvalue weighted by atomic mass is 10.2. The second-order valence-electron chi connectivity index (χ2n) is 3.85. The zero-order valence-corrected chi connectivity index (χ0v) is 10.9. The SMILES string of the molecule is CNC(=O)CCCOc1cc(CN)cc(OC)c1. The number of hydrogen-bond acceptors (Lipinski definition) is 4. The Hall–Kier alpha value is -1.75. The Morgan fingerprint density at radius 2 is 2.06 bits per heavy atom. The fraction of sp³-hybridized carbons (Fsp3) is 0.462. The first-order chi connectivity index (χ1) is 8.69. The van der Waals surface area contributed by atoms with E-state index < -0.39 is 0 Å². The number of nitrogens with one attached hydrogen (secondary N) is 1. The average molecular weight is 252 g/mol. The first-order valence-corrected chi connectivity index (χ1v) is 5.91. The maximum absolute atomic E-state index is 11.0. The molecule has 0 aliphatic carbocycles. The first kappa shape index (κ1) is 14.3. The van der Waals surface area contributed by atoms with E-state index in [2.05, 4.69) is 5.32 Å². The van der Waals surface area contributed by atoms with Crippen molar-refractivity contribution in [1.29, 1.82) is 0 Å². The molecule has 18 heavy (non-hydrogen) atoms. The van der Waals surface area contributed by atoms with Crippen molar-refractivity contribution in [3.63, 3.8) is 0 Å². The van der Waals surface area contributed by atoms with Gasteiger partial charge in [-0.25, -0.2) is 0 Å². The summed E-state index contributed by atoms with van der Waals surface area (Å²) in [7, 11) is 3.23. The molecule has 0 aliphatic heterocycles. The molecule has 0 atom stereocenters. The van der Waals surface area contributed by atoms with Crippen LogP contribution in [0.2, 0.25) is 0 Å². The first-order valence-electron chi connectivity index (χ1n) is 5.91. The van der Waals surface area contributed by atoms with Gasteiger partial charge in [-0.2, -0.15) is 0 Å². The van der Waals surface area contributed by atoms with Crippen molar-refractivity contribution in [3.8, 4) is 11.5 Å². The minimum Gasteiger partial charge on any atom is -0.497 e. The van der Waals surface area contributed by atoms with E-state index in [0.29, 0.717) is 31.7 Å². The van der Waals surface area contributed by atoms with Crippen LogP contribution in [0.4, 0.5) is 0 Å². The largest absolute Gasteiger partial charge is 0.497 e. The lowest BCUT2D eigenvalue weighted by Crippen LogP contribution is -2.18. The van der Waals surface area contributed by atoms with Gasteiger partial charge in [0.15, 0.2) is 0 Å². The number of benzene rings is 1. The summed E-state index contributed by atoms with van der Waals surface area (Å²) >= 11 is 0. The van der Waals surface area contributed by atoms with Crippen LogP contribution in [-0.2, 0) is 11.3 Å². The maximum atomic E-state index is 11.0. The topological polar surface area (TPSA) is 73.6 Å². The van der Waals surface area contributed by atoms with E-state index in [-0.39, 0.29) is 5.91 Å². The van der Waals surface area contributed by atoms with Gasteiger partial charge in [-0.05, 0) is 24.1 Å². The lowest BCUT2D eigenvalue weighted by molar-refractivity contribution is -0.120. The van der Waals surface area contributed by atoms with E-state index >= 15 is 0 Å². The fourth-order valence-electron chi connectivity index (χ4n) is 1.50. The number of carbonyl (C=O) groups is 1. The summed E-state index contributed by atoms with van der Waals surface area (Å²) < 4.78 is 10.7.